The van der Waals surface area contributed by atoms with Crippen LogP contribution in [0.25, 0.3) is 0 Å². The van der Waals surface area contributed by atoms with E-state index in [0.717, 1.165) is 18.5 Å². The predicted molar refractivity (Wildman–Crippen MR) is 120 cm³/mol. The fourth-order valence-electron chi connectivity index (χ4n) is 3.99. The summed E-state index contributed by atoms with van der Waals surface area (Å²) in [5.74, 6) is -0.416. The Kier molecular flexibility index (Phi) is 7.50. The lowest BCUT2D eigenvalue weighted by molar-refractivity contribution is -0.122. The molecule has 0 radical (unpaired) electrons. The number of rotatable bonds is 5. The van der Waals surface area contributed by atoms with Crippen molar-refractivity contribution in [2.75, 3.05) is 7.11 Å². The molecule has 1 heterocycles. The molecule has 1 fully saturated rings. The third kappa shape index (κ3) is 5.64. The molecule has 1 saturated carbocycles. The van der Waals surface area contributed by atoms with E-state index in [0.29, 0.717) is 12.1 Å². The van der Waals surface area contributed by atoms with E-state index in [1.807, 2.05) is 40.7 Å². The predicted octanol–water partition coefficient (Wildman–Crippen LogP) is 5.83. The van der Waals surface area contributed by atoms with Crippen molar-refractivity contribution in [2.24, 2.45) is 7.05 Å². The standard InChI is InChI=1S/C21H31Cl3N2O4/c1-19(2,3)30-18(28)26(20(4,5)29-7)14-9-8-13(12-14)15-10-11-16(25(15)6)17(27)21(22,23)24/h10-11,13-14H,8-9,12H2,1-7H3/t13-,14+/m0/s1. The number of ketones is 1. The second-order valence-corrected chi connectivity index (χ2v) is 11.5. The van der Waals surface area contributed by atoms with Gasteiger partial charge in [-0.15, -0.1) is 0 Å². The number of alkyl halides is 3. The molecular weight excluding hydrogens is 451 g/mol. The molecule has 30 heavy (non-hydrogen) atoms. The number of Topliss-reactive ketones (excluding diaryl/α,β-unsaturated/α-hetero) is 1. The SMILES string of the molecule is COC(C)(C)N(C(=O)OC(C)(C)C)[C@@H]1CC[C@H](c2ccc(C(=O)C(Cl)(Cl)Cl)n2C)C1. The van der Waals surface area contributed by atoms with Crippen molar-refractivity contribution in [3.63, 3.8) is 0 Å². The first kappa shape index (κ1) is 25.3. The molecule has 2 atom stereocenters. The molecule has 170 valence electrons. The van der Waals surface area contributed by atoms with Crippen LogP contribution in [0, 0.1) is 0 Å². The molecule has 1 aliphatic carbocycles. The highest BCUT2D eigenvalue weighted by Gasteiger charge is 2.43. The van der Waals surface area contributed by atoms with E-state index < -0.39 is 27.0 Å². The van der Waals surface area contributed by atoms with Gasteiger partial charge in [0.1, 0.15) is 11.3 Å². The number of methoxy groups -OCH3 is 1. The molecule has 0 saturated heterocycles. The van der Waals surface area contributed by atoms with E-state index in [1.54, 1.807) is 29.7 Å². The molecule has 0 N–H and O–H groups in total. The largest absolute Gasteiger partial charge is 0.444 e. The molecule has 1 aromatic rings. The van der Waals surface area contributed by atoms with E-state index in [4.69, 9.17) is 44.3 Å². The number of aromatic nitrogens is 1. The van der Waals surface area contributed by atoms with Crippen LogP contribution in [0.2, 0.25) is 0 Å². The minimum atomic E-state index is -2.00. The first-order valence-corrected chi connectivity index (χ1v) is 11.1. The maximum absolute atomic E-state index is 13.0. The van der Waals surface area contributed by atoms with Crippen LogP contribution in [0.1, 0.15) is 76.0 Å². The number of halogens is 3. The number of carbonyl (C=O) groups excluding carboxylic acids is 2. The molecule has 1 aliphatic rings. The molecule has 6 nitrogen and oxygen atoms in total. The van der Waals surface area contributed by atoms with Crippen molar-refractivity contribution in [1.29, 1.82) is 0 Å². The van der Waals surface area contributed by atoms with Crippen molar-refractivity contribution in [3.05, 3.63) is 23.5 Å². The van der Waals surface area contributed by atoms with Gasteiger partial charge in [-0.05, 0) is 66.0 Å². The number of ether oxygens (including phenoxy) is 2. The topological polar surface area (TPSA) is 60.8 Å². The van der Waals surface area contributed by atoms with Crippen molar-refractivity contribution >= 4 is 46.7 Å². The van der Waals surface area contributed by atoms with Gasteiger partial charge < -0.3 is 14.0 Å². The molecule has 0 aromatic carbocycles. The number of carbonyl (C=O) groups is 2. The number of nitrogens with zero attached hydrogens (tertiary/aromatic N) is 2. The highest BCUT2D eigenvalue weighted by Crippen LogP contribution is 2.41. The summed E-state index contributed by atoms with van der Waals surface area (Å²) >= 11 is 17.3. The minimum Gasteiger partial charge on any atom is -0.444 e. The zero-order valence-electron chi connectivity index (χ0n) is 18.6. The summed E-state index contributed by atoms with van der Waals surface area (Å²) in [6.07, 6.45) is 1.95. The van der Waals surface area contributed by atoms with Crippen LogP contribution in [0.4, 0.5) is 4.79 Å². The zero-order chi connectivity index (χ0) is 23.1. The van der Waals surface area contributed by atoms with Crippen LogP contribution < -0.4 is 0 Å². The van der Waals surface area contributed by atoms with Crippen molar-refractivity contribution in [3.8, 4) is 0 Å². The van der Waals surface area contributed by atoms with Gasteiger partial charge in [0.25, 0.3) is 3.79 Å². The van der Waals surface area contributed by atoms with Gasteiger partial charge in [-0.2, -0.15) is 0 Å². The van der Waals surface area contributed by atoms with Gasteiger partial charge >= 0.3 is 6.09 Å². The summed E-state index contributed by atoms with van der Waals surface area (Å²) in [5.41, 5.74) is -0.127. The van der Waals surface area contributed by atoms with Gasteiger partial charge in [0.15, 0.2) is 0 Å². The molecule has 1 aromatic heterocycles. The van der Waals surface area contributed by atoms with Gasteiger partial charge in [-0.25, -0.2) is 4.79 Å². The lowest BCUT2D eigenvalue weighted by Crippen LogP contribution is -2.55. The molecule has 1 amide bonds. The molecular formula is C21H31Cl3N2O4. The Morgan fingerprint density at radius 2 is 1.70 bits per heavy atom. The number of hydrogen-bond donors (Lipinski definition) is 0. The van der Waals surface area contributed by atoms with Crippen LogP contribution in [0.15, 0.2) is 12.1 Å². The third-order valence-corrected chi connectivity index (χ3v) is 6.02. The summed E-state index contributed by atoms with van der Waals surface area (Å²) < 4.78 is 11.0. The van der Waals surface area contributed by atoms with Gasteiger partial charge in [0.2, 0.25) is 5.78 Å². The monoisotopic (exact) mass is 480 g/mol. The highest BCUT2D eigenvalue weighted by molar-refractivity contribution is 6.77. The second-order valence-electron chi connectivity index (χ2n) is 9.19. The molecule has 9 heteroatoms. The Morgan fingerprint density at radius 1 is 1.10 bits per heavy atom. The fraction of sp³-hybridized carbons (Fsp3) is 0.714. The Balaban J connectivity index is 2.26. The molecule has 2 rings (SSSR count). The average Bonchev–Trinajstić information content (AvgIpc) is 3.18. The Morgan fingerprint density at radius 3 is 2.20 bits per heavy atom. The van der Waals surface area contributed by atoms with Crippen LogP contribution in [-0.2, 0) is 16.5 Å². The number of amides is 1. The van der Waals surface area contributed by atoms with Crippen LogP contribution in [0.5, 0.6) is 0 Å². The minimum absolute atomic E-state index is 0.0676. The van der Waals surface area contributed by atoms with E-state index in [2.05, 4.69) is 0 Å². The van der Waals surface area contributed by atoms with Crippen molar-refractivity contribution in [2.45, 2.75) is 81.0 Å². The first-order chi connectivity index (χ1) is 13.6. The maximum Gasteiger partial charge on any atom is 0.412 e. The summed E-state index contributed by atoms with van der Waals surface area (Å²) in [5, 5.41) is 0. The number of hydrogen-bond acceptors (Lipinski definition) is 4. The zero-order valence-corrected chi connectivity index (χ0v) is 20.9. The van der Waals surface area contributed by atoms with E-state index in [1.165, 1.54) is 0 Å². The van der Waals surface area contributed by atoms with Crippen molar-refractivity contribution in [1.82, 2.24) is 9.47 Å². The molecule has 0 bridgehead atoms. The summed E-state index contributed by atoms with van der Waals surface area (Å²) in [7, 11) is 3.37. The van der Waals surface area contributed by atoms with Gasteiger partial charge in [0, 0.05) is 31.8 Å². The molecule has 0 aliphatic heterocycles. The summed E-state index contributed by atoms with van der Waals surface area (Å²) in [4.78, 5) is 27.1. The van der Waals surface area contributed by atoms with Crippen molar-refractivity contribution < 1.29 is 19.1 Å². The summed E-state index contributed by atoms with van der Waals surface area (Å²) in [6, 6.07) is 3.50. The van der Waals surface area contributed by atoms with Gasteiger partial charge in [-0.3, -0.25) is 9.69 Å². The van der Waals surface area contributed by atoms with E-state index >= 15 is 0 Å². The lowest BCUT2D eigenvalue weighted by Gasteiger charge is -2.41. The van der Waals surface area contributed by atoms with Gasteiger partial charge in [-0.1, -0.05) is 34.8 Å². The van der Waals surface area contributed by atoms with E-state index in [-0.39, 0.29) is 12.0 Å². The van der Waals surface area contributed by atoms with E-state index in [9.17, 15) is 9.59 Å². The Labute approximate surface area is 193 Å². The smallest absolute Gasteiger partial charge is 0.412 e. The molecule has 0 spiro atoms. The Hall–Kier alpha value is -0.950. The lowest BCUT2D eigenvalue weighted by atomic mass is 10.0. The fourth-order valence-corrected chi connectivity index (χ4v) is 4.28. The quantitative estimate of drug-likeness (QED) is 0.301. The molecule has 0 unspecified atom stereocenters. The average molecular weight is 482 g/mol. The maximum atomic E-state index is 13.0. The normalized spacial score (nSPS) is 20.3. The van der Waals surface area contributed by atoms with Crippen LogP contribution in [-0.4, -0.2) is 49.6 Å². The Bertz CT molecular complexity index is 793. The first-order valence-electron chi connectivity index (χ1n) is 9.93. The second kappa shape index (κ2) is 8.89. The third-order valence-electron chi connectivity index (χ3n) is 5.51. The van der Waals surface area contributed by atoms with Gasteiger partial charge in [0.05, 0.1) is 5.69 Å². The van der Waals surface area contributed by atoms with Crippen LogP contribution >= 0.6 is 34.8 Å². The summed E-state index contributed by atoms with van der Waals surface area (Å²) in [6.45, 7) is 9.23. The highest BCUT2D eigenvalue weighted by atomic mass is 35.6. The van der Waals surface area contributed by atoms with Crippen LogP contribution in [0.3, 0.4) is 0 Å².